The van der Waals surface area contributed by atoms with Crippen LogP contribution in [0.15, 0.2) is 48.7 Å². The van der Waals surface area contributed by atoms with Crippen LogP contribution in [0.4, 0.5) is 13.6 Å². The maximum absolute atomic E-state index is 14.2. The van der Waals surface area contributed by atoms with Gasteiger partial charge in [0.1, 0.15) is 17.2 Å². The fourth-order valence-corrected chi connectivity index (χ4v) is 5.17. The summed E-state index contributed by atoms with van der Waals surface area (Å²) in [5.41, 5.74) is 1.66. The van der Waals surface area contributed by atoms with E-state index in [0.717, 1.165) is 34.8 Å². The molecule has 1 N–H and O–H groups in total. The number of nitrogens with zero attached hydrogens (tertiary/aromatic N) is 3. The van der Waals surface area contributed by atoms with Gasteiger partial charge in [-0.15, -0.1) is 0 Å². The quantitative estimate of drug-likeness (QED) is 0.295. The van der Waals surface area contributed by atoms with Crippen molar-refractivity contribution in [2.24, 2.45) is 0 Å². The highest BCUT2D eigenvalue weighted by Crippen LogP contribution is 2.30. The van der Waals surface area contributed by atoms with Crippen LogP contribution in [0, 0.1) is 11.6 Å². The summed E-state index contributed by atoms with van der Waals surface area (Å²) < 4.78 is 45.1. The Hall–Kier alpha value is -4.12. The minimum atomic E-state index is -1.06. The van der Waals surface area contributed by atoms with Gasteiger partial charge in [0.25, 0.3) is 0 Å². The van der Waals surface area contributed by atoms with E-state index in [-0.39, 0.29) is 24.6 Å². The number of aryl methyl sites for hydroxylation is 1. The standard InChI is InChI=1S/C32H37F2N3O6/c1-32(2,3)43-31(40)37(17-5-6-21-18-22(33)8-11-24(21)34)26-13-10-23(42-27(26)19-29(38)39)9-7-20-15-16-35-25-12-14-28(41-4)36-30(20)25/h5-6,8,11-12,14-16,18,23,26-27H,7,9-10,13,17,19H2,1-4H3,(H,38,39)/b6-5+/t23-,26-,27-/m1/s1. The molecular weight excluding hydrogens is 560 g/mol. The van der Waals surface area contributed by atoms with Gasteiger partial charge in [0.2, 0.25) is 5.88 Å². The van der Waals surface area contributed by atoms with Crippen LogP contribution in [0.3, 0.4) is 0 Å². The molecule has 0 saturated carbocycles. The number of hydrogen-bond donors (Lipinski definition) is 1. The van der Waals surface area contributed by atoms with Crippen molar-refractivity contribution in [2.75, 3.05) is 13.7 Å². The topological polar surface area (TPSA) is 111 Å². The predicted octanol–water partition coefficient (Wildman–Crippen LogP) is 6.19. The van der Waals surface area contributed by atoms with Gasteiger partial charge in [-0.25, -0.2) is 18.6 Å². The fraction of sp³-hybridized carbons (Fsp3) is 0.438. The van der Waals surface area contributed by atoms with E-state index < -0.39 is 41.4 Å². The zero-order chi connectivity index (χ0) is 31.1. The van der Waals surface area contributed by atoms with Gasteiger partial charge < -0.3 is 19.3 Å². The lowest BCUT2D eigenvalue weighted by Crippen LogP contribution is -2.53. The second kappa shape index (κ2) is 13.9. The lowest BCUT2D eigenvalue weighted by atomic mass is 9.92. The van der Waals surface area contributed by atoms with Crippen LogP contribution >= 0.6 is 0 Å². The molecule has 1 aromatic carbocycles. The van der Waals surface area contributed by atoms with E-state index in [1.54, 1.807) is 40.1 Å². The maximum atomic E-state index is 14.2. The number of pyridine rings is 2. The summed E-state index contributed by atoms with van der Waals surface area (Å²) in [7, 11) is 1.55. The third-order valence-corrected chi connectivity index (χ3v) is 7.13. The van der Waals surface area contributed by atoms with Crippen molar-refractivity contribution < 1.29 is 37.7 Å². The molecule has 0 bridgehead atoms. The number of rotatable bonds is 10. The minimum absolute atomic E-state index is 0.0177. The van der Waals surface area contributed by atoms with Gasteiger partial charge in [-0.05, 0) is 82.3 Å². The van der Waals surface area contributed by atoms with Gasteiger partial charge in [-0.2, -0.15) is 0 Å². The molecule has 3 aromatic rings. The van der Waals surface area contributed by atoms with E-state index >= 15 is 0 Å². The summed E-state index contributed by atoms with van der Waals surface area (Å²) in [5, 5.41) is 9.70. The molecule has 9 nitrogen and oxygen atoms in total. The number of carboxylic acids is 1. The van der Waals surface area contributed by atoms with Crippen molar-refractivity contribution in [1.82, 2.24) is 14.9 Å². The van der Waals surface area contributed by atoms with E-state index in [0.29, 0.717) is 31.6 Å². The molecule has 230 valence electrons. The highest BCUT2D eigenvalue weighted by atomic mass is 19.1. The Labute approximate surface area is 249 Å². The largest absolute Gasteiger partial charge is 0.481 e. The number of aromatic nitrogens is 2. The number of methoxy groups -OCH3 is 1. The first-order chi connectivity index (χ1) is 20.4. The summed E-state index contributed by atoms with van der Waals surface area (Å²) in [6.07, 6.45) is 4.86. The van der Waals surface area contributed by atoms with Gasteiger partial charge in [0.05, 0.1) is 42.8 Å². The number of ether oxygens (including phenoxy) is 3. The molecule has 3 atom stereocenters. The average molecular weight is 598 g/mol. The van der Waals surface area contributed by atoms with Crippen molar-refractivity contribution in [1.29, 1.82) is 0 Å². The molecule has 11 heteroatoms. The summed E-state index contributed by atoms with van der Waals surface area (Å²) in [4.78, 5) is 35.5. The number of carboxylic acid groups (broad SMARTS) is 1. The van der Waals surface area contributed by atoms with Gasteiger partial charge in [0, 0.05) is 24.4 Å². The molecule has 43 heavy (non-hydrogen) atoms. The molecule has 1 aliphatic rings. The monoisotopic (exact) mass is 597 g/mol. The van der Waals surface area contributed by atoms with Crippen LogP contribution < -0.4 is 4.74 Å². The highest BCUT2D eigenvalue weighted by molar-refractivity contribution is 5.78. The van der Waals surface area contributed by atoms with Crippen molar-refractivity contribution in [3.63, 3.8) is 0 Å². The van der Waals surface area contributed by atoms with Crippen molar-refractivity contribution in [3.8, 4) is 5.88 Å². The predicted molar refractivity (Wildman–Crippen MR) is 157 cm³/mol. The molecule has 1 fully saturated rings. The third-order valence-electron chi connectivity index (χ3n) is 7.13. The maximum Gasteiger partial charge on any atom is 0.410 e. The molecule has 2 aromatic heterocycles. The number of carbonyl (C=O) groups excluding carboxylic acids is 1. The first-order valence-corrected chi connectivity index (χ1v) is 14.2. The first kappa shape index (κ1) is 31.8. The zero-order valence-electron chi connectivity index (χ0n) is 24.8. The Kier molecular flexibility index (Phi) is 10.3. The number of amides is 1. The molecule has 4 rings (SSSR count). The van der Waals surface area contributed by atoms with E-state index in [1.807, 2.05) is 12.1 Å². The Bertz CT molecular complexity index is 1480. The van der Waals surface area contributed by atoms with Gasteiger partial charge in [-0.1, -0.05) is 12.2 Å². The zero-order valence-corrected chi connectivity index (χ0v) is 24.8. The molecular formula is C32H37F2N3O6. The Morgan fingerprint density at radius 3 is 2.67 bits per heavy atom. The van der Waals surface area contributed by atoms with Gasteiger partial charge >= 0.3 is 12.1 Å². The number of halogens is 2. The SMILES string of the molecule is COc1ccc2nccc(CC[C@@H]3CC[C@@H](N(C/C=C/c4cc(F)ccc4F)C(=O)OC(C)(C)C)[C@@H](CC(=O)O)O3)c2n1. The number of aliphatic carboxylic acids is 1. The van der Waals surface area contributed by atoms with Crippen LogP contribution in [0.1, 0.15) is 57.6 Å². The highest BCUT2D eigenvalue weighted by Gasteiger charge is 2.39. The first-order valence-electron chi connectivity index (χ1n) is 14.2. The number of carbonyl (C=O) groups is 2. The summed E-state index contributed by atoms with van der Waals surface area (Å²) in [5.74, 6) is -1.78. The summed E-state index contributed by atoms with van der Waals surface area (Å²) >= 11 is 0. The lowest BCUT2D eigenvalue weighted by molar-refractivity contribution is -0.148. The number of hydrogen-bond acceptors (Lipinski definition) is 7. The smallest absolute Gasteiger partial charge is 0.410 e. The molecule has 0 aliphatic carbocycles. The molecule has 0 spiro atoms. The van der Waals surface area contributed by atoms with E-state index in [4.69, 9.17) is 14.2 Å². The van der Waals surface area contributed by atoms with Crippen molar-refractivity contribution in [2.45, 2.75) is 76.7 Å². The molecule has 1 amide bonds. The Morgan fingerprint density at radius 2 is 1.95 bits per heavy atom. The summed E-state index contributed by atoms with van der Waals surface area (Å²) in [6, 6.07) is 7.99. The fourth-order valence-electron chi connectivity index (χ4n) is 5.17. The van der Waals surface area contributed by atoms with Crippen LogP contribution in [-0.4, -0.2) is 69.5 Å². The summed E-state index contributed by atoms with van der Waals surface area (Å²) in [6.45, 7) is 5.18. The van der Waals surface area contributed by atoms with Crippen LogP contribution in [0.25, 0.3) is 17.1 Å². The van der Waals surface area contributed by atoms with Crippen LogP contribution in [-0.2, 0) is 20.7 Å². The Morgan fingerprint density at radius 1 is 1.16 bits per heavy atom. The molecule has 1 saturated heterocycles. The van der Waals surface area contributed by atoms with Crippen molar-refractivity contribution in [3.05, 3.63) is 71.4 Å². The third kappa shape index (κ3) is 8.70. The van der Waals surface area contributed by atoms with E-state index in [2.05, 4.69) is 9.97 Å². The van der Waals surface area contributed by atoms with Gasteiger partial charge in [0.15, 0.2) is 0 Å². The van der Waals surface area contributed by atoms with E-state index in [9.17, 15) is 23.5 Å². The normalized spacial score (nSPS) is 19.0. The van der Waals surface area contributed by atoms with Crippen LogP contribution in [0.2, 0.25) is 0 Å². The second-order valence-corrected chi connectivity index (χ2v) is 11.5. The molecule has 1 aliphatic heterocycles. The van der Waals surface area contributed by atoms with E-state index in [1.165, 1.54) is 17.1 Å². The Balaban J connectivity index is 1.52. The molecule has 0 radical (unpaired) electrons. The molecule has 0 unspecified atom stereocenters. The number of benzene rings is 1. The average Bonchev–Trinajstić information content (AvgIpc) is 2.94. The van der Waals surface area contributed by atoms with Crippen LogP contribution in [0.5, 0.6) is 5.88 Å². The minimum Gasteiger partial charge on any atom is -0.481 e. The van der Waals surface area contributed by atoms with Crippen molar-refractivity contribution >= 4 is 29.2 Å². The second-order valence-electron chi connectivity index (χ2n) is 11.5. The lowest BCUT2D eigenvalue weighted by Gasteiger charge is -2.42. The number of fused-ring (bicyclic) bond motifs is 1. The van der Waals surface area contributed by atoms with Gasteiger partial charge in [-0.3, -0.25) is 14.7 Å². The molecule has 3 heterocycles.